The third-order valence-corrected chi connectivity index (χ3v) is 3.86. The van der Waals surface area contributed by atoms with Gasteiger partial charge in [-0.2, -0.15) is 0 Å². The molecule has 2 nitrogen and oxygen atoms in total. The highest BCUT2D eigenvalue weighted by Gasteiger charge is 2.11. The molecule has 1 aliphatic heterocycles. The van der Waals surface area contributed by atoms with E-state index in [9.17, 15) is 4.79 Å². The largest absolute Gasteiger partial charge is 0.488 e. The Morgan fingerprint density at radius 3 is 2.77 bits per heavy atom. The van der Waals surface area contributed by atoms with E-state index in [2.05, 4.69) is 0 Å². The minimum Gasteiger partial charge on any atom is -0.488 e. The van der Waals surface area contributed by atoms with Gasteiger partial charge in [-0.15, -0.1) is 0 Å². The van der Waals surface area contributed by atoms with E-state index in [4.69, 9.17) is 27.9 Å². The van der Waals surface area contributed by atoms with E-state index in [1.165, 1.54) is 6.08 Å². The maximum absolute atomic E-state index is 12.1. The summed E-state index contributed by atoms with van der Waals surface area (Å²) in [5.41, 5.74) is 2.29. The van der Waals surface area contributed by atoms with Gasteiger partial charge in [-0.05, 0) is 48.1 Å². The first kappa shape index (κ1) is 14.9. The zero-order valence-electron chi connectivity index (χ0n) is 11.6. The van der Waals surface area contributed by atoms with Crippen molar-refractivity contribution >= 4 is 35.1 Å². The number of hydrogen-bond donors (Lipinski definition) is 0. The van der Waals surface area contributed by atoms with Gasteiger partial charge in [0, 0.05) is 16.1 Å². The maximum Gasteiger partial charge on any atom is 0.187 e. The average molecular weight is 331 g/mol. The maximum atomic E-state index is 12.1. The van der Waals surface area contributed by atoms with Gasteiger partial charge in [0.05, 0.1) is 5.02 Å². The summed E-state index contributed by atoms with van der Waals surface area (Å²) in [5, 5.41) is 1.10. The Morgan fingerprint density at radius 1 is 1.14 bits per heavy atom. The molecule has 0 fully saturated rings. The third kappa shape index (κ3) is 3.24. The van der Waals surface area contributed by atoms with Crippen molar-refractivity contribution in [1.82, 2.24) is 0 Å². The quantitative estimate of drug-likeness (QED) is 0.570. The molecule has 110 valence electrons. The summed E-state index contributed by atoms with van der Waals surface area (Å²) in [4.78, 5) is 12.1. The summed E-state index contributed by atoms with van der Waals surface area (Å²) in [6.07, 6.45) is 5.21. The van der Waals surface area contributed by atoms with Gasteiger partial charge in [0.1, 0.15) is 12.4 Å². The van der Waals surface area contributed by atoms with Crippen LogP contribution >= 0.6 is 23.2 Å². The lowest BCUT2D eigenvalue weighted by Crippen LogP contribution is -2.06. The minimum atomic E-state index is -0.136. The molecule has 0 unspecified atom stereocenters. The van der Waals surface area contributed by atoms with Crippen molar-refractivity contribution in [1.29, 1.82) is 0 Å². The van der Waals surface area contributed by atoms with Crippen LogP contribution in [0, 0.1) is 0 Å². The van der Waals surface area contributed by atoms with Crippen LogP contribution in [-0.4, -0.2) is 12.4 Å². The molecule has 0 bridgehead atoms. The lowest BCUT2D eigenvalue weighted by atomic mass is 10.1. The van der Waals surface area contributed by atoms with Crippen LogP contribution in [0.2, 0.25) is 10.0 Å². The topological polar surface area (TPSA) is 26.3 Å². The van der Waals surface area contributed by atoms with Crippen molar-refractivity contribution in [2.75, 3.05) is 6.61 Å². The van der Waals surface area contributed by atoms with Crippen LogP contribution < -0.4 is 4.74 Å². The van der Waals surface area contributed by atoms with Crippen molar-refractivity contribution in [3.8, 4) is 5.75 Å². The van der Waals surface area contributed by atoms with E-state index in [0.29, 0.717) is 22.2 Å². The predicted octanol–water partition coefficient (Wildman–Crippen LogP) is 5.21. The first-order valence-corrected chi connectivity index (χ1v) is 7.49. The van der Waals surface area contributed by atoms with Gasteiger partial charge in [0.25, 0.3) is 0 Å². The van der Waals surface area contributed by atoms with Crippen LogP contribution in [0.1, 0.15) is 15.9 Å². The SMILES string of the molecule is O=C(/C=C/C1=Cc2cc(Cl)ccc2OC1)c1ccccc1Cl. The van der Waals surface area contributed by atoms with Crippen molar-refractivity contribution in [3.63, 3.8) is 0 Å². The first-order valence-electron chi connectivity index (χ1n) is 6.73. The molecule has 22 heavy (non-hydrogen) atoms. The molecule has 3 rings (SSSR count). The molecule has 0 aromatic heterocycles. The zero-order chi connectivity index (χ0) is 15.5. The summed E-state index contributed by atoms with van der Waals surface area (Å²) in [6.45, 7) is 0.418. The number of allylic oxidation sites excluding steroid dienone is 1. The Kier molecular flexibility index (Phi) is 4.32. The Balaban J connectivity index is 1.82. The summed E-state index contributed by atoms with van der Waals surface area (Å²) in [7, 11) is 0. The molecular weight excluding hydrogens is 319 g/mol. The number of hydrogen-bond acceptors (Lipinski definition) is 2. The summed E-state index contributed by atoms with van der Waals surface area (Å²) < 4.78 is 5.64. The molecule has 0 spiro atoms. The van der Waals surface area contributed by atoms with Crippen LogP contribution in [0.3, 0.4) is 0 Å². The normalized spacial score (nSPS) is 13.5. The second-order valence-electron chi connectivity index (χ2n) is 4.87. The molecule has 0 saturated heterocycles. The monoisotopic (exact) mass is 330 g/mol. The molecule has 1 aliphatic rings. The first-order chi connectivity index (χ1) is 10.6. The van der Waals surface area contributed by atoms with E-state index >= 15 is 0 Å². The van der Waals surface area contributed by atoms with Crippen LogP contribution in [0.15, 0.2) is 60.2 Å². The number of ether oxygens (including phenoxy) is 1. The highest BCUT2D eigenvalue weighted by Crippen LogP contribution is 2.29. The average Bonchev–Trinajstić information content (AvgIpc) is 2.52. The lowest BCUT2D eigenvalue weighted by Gasteiger charge is -2.16. The van der Waals surface area contributed by atoms with Crippen molar-refractivity contribution < 1.29 is 9.53 Å². The number of rotatable bonds is 3. The molecule has 0 radical (unpaired) electrons. The number of benzene rings is 2. The molecule has 0 amide bonds. The molecule has 2 aromatic carbocycles. The second kappa shape index (κ2) is 6.39. The van der Waals surface area contributed by atoms with E-state index in [-0.39, 0.29) is 5.78 Å². The number of fused-ring (bicyclic) bond motifs is 1. The number of ketones is 1. The smallest absolute Gasteiger partial charge is 0.187 e. The number of carbonyl (C=O) groups is 1. The molecule has 0 N–H and O–H groups in total. The molecule has 0 saturated carbocycles. The highest BCUT2D eigenvalue weighted by atomic mass is 35.5. The van der Waals surface area contributed by atoms with Crippen molar-refractivity contribution in [2.45, 2.75) is 0 Å². The van der Waals surface area contributed by atoms with E-state index < -0.39 is 0 Å². The van der Waals surface area contributed by atoms with E-state index in [0.717, 1.165) is 16.9 Å². The Morgan fingerprint density at radius 2 is 1.95 bits per heavy atom. The van der Waals surface area contributed by atoms with Crippen molar-refractivity contribution in [2.24, 2.45) is 0 Å². The standard InChI is InChI=1S/C18H12Cl2O2/c19-14-6-8-18-13(10-14)9-12(11-22-18)5-7-17(21)15-3-1-2-4-16(15)20/h1-10H,11H2/b7-5+. The summed E-state index contributed by atoms with van der Waals surface area (Å²) in [5.74, 6) is 0.655. The molecule has 0 atom stereocenters. The molecule has 0 aliphatic carbocycles. The molecule has 2 aromatic rings. The fourth-order valence-electron chi connectivity index (χ4n) is 2.20. The van der Waals surface area contributed by atoms with Gasteiger partial charge in [0.15, 0.2) is 5.78 Å². The fraction of sp³-hybridized carbons (Fsp3) is 0.0556. The summed E-state index contributed by atoms with van der Waals surface area (Å²) >= 11 is 12.0. The van der Waals surface area contributed by atoms with Crippen LogP contribution in [-0.2, 0) is 0 Å². The lowest BCUT2D eigenvalue weighted by molar-refractivity contribution is 0.104. The minimum absolute atomic E-state index is 0.136. The summed E-state index contributed by atoms with van der Waals surface area (Å²) in [6, 6.07) is 12.4. The Hall–Kier alpha value is -2.03. The second-order valence-corrected chi connectivity index (χ2v) is 5.71. The molecule has 1 heterocycles. The van der Waals surface area contributed by atoms with Gasteiger partial charge in [-0.1, -0.05) is 41.4 Å². The molecular formula is C18H12Cl2O2. The van der Waals surface area contributed by atoms with E-state index in [1.54, 1.807) is 36.4 Å². The van der Waals surface area contributed by atoms with Crippen LogP contribution in [0.5, 0.6) is 5.75 Å². The van der Waals surface area contributed by atoms with Crippen molar-refractivity contribution in [3.05, 3.63) is 81.4 Å². The van der Waals surface area contributed by atoms with Gasteiger partial charge in [0.2, 0.25) is 0 Å². The number of carbonyl (C=O) groups excluding carboxylic acids is 1. The fourth-order valence-corrected chi connectivity index (χ4v) is 2.61. The Bertz CT molecular complexity index is 791. The van der Waals surface area contributed by atoms with Gasteiger partial charge < -0.3 is 4.74 Å². The Labute approximate surface area is 138 Å². The zero-order valence-corrected chi connectivity index (χ0v) is 13.1. The molecule has 4 heteroatoms. The predicted molar refractivity (Wildman–Crippen MR) is 89.8 cm³/mol. The van der Waals surface area contributed by atoms with E-state index in [1.807, 2.05) is 18.2 Å². The van der Waals surface area contributed by atoms with Crippen LogP contribution in [0.25, 0.3) is 6.08 Å². The van der Waals surface area contributed by atoms with Gasteiger partial charge in [-0.25, -0.2) is 0 Å². The highest BCUT2D eigenvalue weighted by molar-refractivity contribution is 6.34. The number of halogens is 2. The van der Waals surface area contributed by atoms with Gasteiger partial charge in [-0.3, -0.25) is 4.79 Å². The van der Waals surface area contributed by atoms with Gasteiger partial charge >= 0.3 is 0 Å². The van der Waals surface area contributed by atoms with Crippen LogP contribution in [0.4, 0.5) is 0 Å². The third-order valence-electron chi connectivity index (χ3n) is 3.30.